The van der Waals surface area contributed by atoms with Crippen molar-refractivity contribution in [3.05, 3.63) is 52.0 Å². The Bertz CT molecular complexity index is 788. The maximum Gasteiger partial charge on any atom is 0.244 e. The Hall–Kier alpha value is -2.21. The first-order valence-corrected chi connectivity index (χ1v) is 8.22. The van der Waals surface area contributed by atoms with Crippen LogP contribution in [0.25, 0.3) is 0 Å². The van der Waals surface area contributed by atoms with Crippen molar-refractivity contribution in [3.63, 3.8) is 0 Å². The highest BCUT2D eigenvalue weighted by Gasteiger charge is 2.41. The van der Waals surface area contributed by atoms with Gasteiger partial charge in [-0.3, -0.25) is 9.36 Å². The molecule has 1 amide bonds. The summed E-state index contributed by atoms with van der Waals surface area (Å²) in [5, 5.41) is 23.5. The number of amides is 1. The predicted octanol–water partition coefficient (Wildman–Crippen LogP) is 3.44. The summed E-state index contributed by atoms with van der Waals surface area (Å²) in [4.78, 5) is 12.2. The number of aromatic hydroxyl groups is 2. The minimum Gasteiger partial charge on any atom is -0.494 e. The van der Waals surface area contributed by atoms with Crippen LogP contribution in [-0.4, -0.2) is 20.7 Å². The van der Waals surface area contributed by atoms with Gasteiger partial charge in [-0.2, -0.15) is 0 Å². The van der Waals surface area contributed by atoms with E-state index in [2.05, 4.69) is 33.4 Å². The first kappa shape index (κ1) is 14.4. The van der Waals surface area contributed by atoms with Gasteiger partial charge in [-0.1, -0.05) is 28.1 Å². The van der Waals surface area contributed by atoms with Crippen molar-refractivity contribution in [1.29, 1.82) is 0 Å². The number of hydrogen-bond acceptors (Lipinski definition) is 3. The van der Waals surface area contributed by atoms with Crippen molar-refractivity contribution in [2.75, 3.05) is 5.32 Å². The van der Waals surface area contributed by atoms with E-state index >= 15 is 0 Å². The van der Waals surface area contributed by atoms with Crippen molar-refractivity contribution < 1.29 is 15.0 Å². The van der Waals surface area contributed by atoms with E-state index in [1.807, 2.05) is 12.1 Å². The van der Waals surface area contributed by atoms with Crippen LogP contribution in [0.2, 0.25) is 0 Å². The first-order valence-electron chi connectivity index (χ1n) is 7.42. The van der Waals surface area contributed by atoms with Crippen molar-refractivity contribution in [2.24, 2.45) is 0 Å². The number of nitrogens with zero attached hydrogens (tertiary/aromatic N) is 1. The molecule has 1 aromatic carbocycles. The van der Waals surface area contributed by atoms with Crippen molar-refractivity contribution in [1.82, 2.24) is 4.57 Å². The number of benzene rings is 1. The second kappa shape index (κ2) is 5.16. The number of carbonyl (C=O) groups is 1. The van der Waals surface area contributed by atoms with Crippen molar-refractivity contribution >= 4 is 27.5 Å². The molecular weight excluding hydrogens is 360 g/mol. The number of rotatable bonds is 3. The summed E-state index contributed by atoms with van der Waals surface area (Å²) >= 11 is 3.34. The number of anilines is 1. The molecular formula is C17H15BrN2O3. The van der Waals surface area contributed by atoms with Gasteiger partial charge in [-0.15, -0.1) is 0 Å². The zero-order chi connectivity index (χ0) is 16.1. The number of aromatic nitrogens is 1. The molecule has 0 saturated heterocycles. The molecule has 0 radical (unpaired) electrons. The van der Waals surface area contributed by atoms with Gasteiger partial charge in [-0.05, 0) is 30.7 Å². The van der Waals surface area contributed by atoms with Crippen LogP contribution in [0.1, 0.15) is 29.4 Å². The number of halogens is 1. The van der Waals surface area contributed by atoms with Gasteiger partial charge in [0, 0.05) is 33.1 Å². The lowest BCUT2D eigenvalue weighted by atomic mass is 10.0. The Labute approximate surface area is 141 Å². The van der Waals surface area contributed by atoms with Gasteiger partial charge >= 0.3 is 0 Å². The summed E-state index contributed by atoms with van der Waals surface area (Å²) in [5.41, 5.74) is 2.21. The van der Waals surface area contributed by atoms with Crippen LogP contribution in [0.3, 0.4) is 0 Å². The largest absolute Gasteiger partial charge is 0.494 e. The molecule has 2 atom stereocenters. The van der Waals surface area contributed by atoms with Crippen LogP contribution in [0.4, 0.5) is 5.69 Å². The average Bonchev–Trinajstić information content (AvgIpc) is 3.19. The third kappa shape index (κ3) is 2.25. The fourth-order valence-electron chi connectivity index (χ4n) is 3.52. The minimum atomic E-state index is -0.299. The number of nitrogens with one attached hydrogen (secondary N) is 1. The van der Waals surface area contributed by atoms with E-state index in [1.54, 1.807) is 12.1 Å². The third-order valence-corrected chi connectivity index (χ3v) is 5.07. The van der Waals surface area contributed by atoms with E-state index in [9.17, 15) is 15.0 Å². The second-order valence-electron chi connectivity index (χ2n) is 5.95. The quantitative estimate of drug-likeness (QED) is 0.720. The molecule has 1 heterocycles. The summed E-state index contributed by atoms with van der Waals surface area (Å²) in [6.07, 6.45) is 5.01. The van der Waals surface area contributed by atoms with E-state index in [1.165, 1.54) is 4.57 Å². The molecule has 0 aliphatic heterocycles. The molecule has 0 spiro atoms. The maximum atomic E-state index is 12.2. The lowest BCUT2D eigenvalue weighted by Crippen LogP contribution is -2.18. The van der Waals surface area contributed by atoms with E-state index in [0.29, 0.717) is 5.69 Å². The number of hydrogen-bond donors (Lipinski definition) is 3. The first-order chi connectivity index (χ1) is 11.0. The summed E-state index contributed by atoms with van der Waals surface area (Å²) in [6.45, 7) is -0.125. The fourth-order valence-corrected chi connectivity index (χ4v) is 3.78. The van der Waals surface area contributed by atoms with Crippen molar-refractivity contribution in [2.45, 2.75) is 24.8 Å². The Morgan fingerprint density at radius 1 is 1.13 bits per heavy atom. The predicted molar refractivity (Wildman–Crippen MR) is 89.8 cm³/mol. The second-order valence-corrected chi connectivity index (χ2v) is 6.87. The molecule has 4 rings (SSSR count). The average molecular weight is 375 g/mol. The molecule has 118 valence electrons. The molecule has 2 aliphatic carbocycles. The zero-order valence-electron chi connectivity index (χ0n) is 12.2. The molecule has 2 aliphatic rings. The summed E-state index contributed by atoms with van der Waals surface area (Å²) in [5.74, 6) is 0.000818. The molecule has 0 fully saturated rings. The SMILES string of the molecule is O=C(Cn1c(O)c2c(c1O)C1C=CC2C1)Nc1ccc(Br)cc1. The zero-order valence-corrected chi connectivity index (χ0v) is 13.7. The lowest BCUT2D eigenvalue weighted by Gasteiger charge is -2.10. The van der Waals surface area contributed by atoms with Gasteiger partial charge in [0.05, 0.1) is 0 Å². The Kier molecular flexibility index (Phi) is 3.23. The molecule has 3 N–H and O–H groups in total. The number of carbonyl (C=O) groups excluding carboxylic acids is 1. The van der Waals surface area contributed by atoms with Gasteiger partial charge in [0.15, 0.2) is 11.8 Å². The molecule has 23 heavy (non-hydrogen) atoms. The number of allylic oxidation sites excluding steroid dienone is 2. The van der Waals surface area contributed by atoms with Crippen molar-refractivity contribution in [3.8, 4) is 11.8 Å². The molecule has 2 unspecified atom stereocenters. The van der Waals surface area contributed by atoms with Crippen LogP contribution in [0, 0.1) is 0 Å². The van der Waals surface area contributed by atoms with E-state index < -0.39 is 0 Å². The Morgan fingerprint density at radius 2 is 1.70 bits per heavy atom. The summed E-state index contributed by atoms with van der Waals surface area (Å²) in [7, 11) is 0. The molecule has 6 heteroatoms. The maximum absolute atomic E-state index is 12.2. The highest BCUT2D eigenvalue weighted by Crippen LogP contribution is 2.56. The summed E-state index contributed by atoms with van der Waals surface area (Å²) in [6, 6.07) is 7.22. The highest BCUT2D eigenvalue weighted by atomic mass is 79.9. The Balaban J connectivity index is 1.56. The molecule has 2 aromatic rings. The van der Waals surface area contributed by atoms with Gasteiger partial charge in [0.2, 0.25) is 5.91 Å². The third-order valence-electron chi connectivity index (χ3n) is 4.54. The van der Waals surface area contributed by atoms with Crippen LogP contribution >= 0.6 is 15.9 Å². The molecule has 1 aromatic heterocycles. The van der Waals surface area contributed by atoms with E-state index in [4.69, 9.17) is 0 Å². The lowest BCUT2D eigenvalue weighted by molar-refractivity contribution is -0.116. The topological polar surface area (TPSA) is 74.5 Å². The van der Waals surface area contributed by atoms with Gasteiger partial charge in [0.25, 0.3) is 0 Å². The standard InChI is InChI=1S/C17H15BrN2O3/c18-11-3-5-12(6-4-11)19-13(21)8-20-16(22)14-9-1-2-10(7-9)15(14)17(20)23/h1-6,9-10,22-23H,7-8H2,(H,19,21). The van der Waals surface area contributed by atoms with Crippen LogP contribution in [0.15, 0.2) is 40.9 Å². The van der Waals surface area contributed by atoms with Gasteiger partial charge < -0.3 is 15.5 Å². The molecule has 2 bridgehead atoms. The highest BCUT2D eigenvalue weighted by molar-refractivity contribution is 9.10. The van der Waals surface area contributed by atoms with Gasteiger partial charge in [0.1, 0.15) is 6.54 Å². The smallest absolute Gasteiger partial charge is 0.244 e. The van der Waals surface area contributed by atoms with E-state index in [0.717, 1.165) is 22.0 Å². The van der Waals surface area contributed by atoms with Crippen LogP contribution in [-0.2, 0) is 11.3 Å². The summed E-state index contributed by atoms with van der Waals surface area (Å²) < 4.78 is 2.21. The van der Waals surface area contributed by atoms with Crippen LogP contribution < -0.4 is 5.32 Å². The normalized spacial score (nSPS) is 20.7. The molecule has 5 nitrogen and oxygen atoms in total. The Morgan fingerprint density at radius 3 is 2.26 bits per heavy atom. The van der Waals surface area contributed by atoms with Crippen LogP contribution in [0.5, 0.6) is 11.8 Å². The monoisotopic (exact) mass is 374 g/mol. The minimum absolute atomic E-state index is 0.000283. The van der Waals surface area contributed by atoms with Gasteiger partial charge in [-0.25, -0.2) is 0 Å². The molecule has 0 saturated carbocycles. The van der Waals surface area contributed by atoms with E-state index in [-0.39, 0.29) is 36.0 Å². The fraction of sp³-hybridized carbons (Fsp3) is 0.235. The number of fused-ring (bicyclic) bond motifs is 5.